The van der Waals surface area contributed by atoms with Gasteiger partial charge in [0.15, 0.2) is 0 Å². The molecule has 0 aliphatic carbocycles. The zero-order valence-corrected chi connectivity index (χ0v) is 19.9. The molecule has 1 amide bonds. The number of hydrogen-bond donors (Lipinski definition) is 0. The molecule has 0 unspecified atom stereocenters. The van der Waals surface area contributed by atoms with E-state index in [1.807, 2.05) is 6.07 Å². The van der Waals surface area contributed by atoms with Crippen LogP contribution in [0.4, 0.5) is 0 Å². The molecule has 3 heteroatoms. The van der Waals surface area contributed by atoms with Crippen LogP contribution >= 0.6 is 0 Å². The SMILES string of the molecule is C[C@@H]([C@H]1C(=O)N(Cc2ccccc2)[C@H]1CCc1ccccc1)[Si](C)(C)c1ccccc1. The Bertz CT molecular complexity index is 987. The summed E-state index contributed by atoms with van der Waals surface area (Å²) in [7, 11) is -1.78. The number of amides is 1. The molecule has 0 radical (unpaired) electrons. The van der Waals surface area contributed by atoms with Crippen LogP contribution in [0.15, 0.2) is 91.0 Å². The molecular weight excluding hydrogens is 394 g/mol. The predicted octanol–water partition coefficient (Wildman–Crippen LogP) is 5.65. The number of nitrogens with zero attached hydrogens (tertiary/aromatic N) is 1. The van der Waals surface area contributed by atoms with Crippen molar-refractivity contribution in [1.82, 2.24) is 4.90 Å². The summed E-state index contributed by atoms with van der Waals surface area (Å²) in [4.78, 5) is 15.6. The van der Waals surface area contributed by atoms with Gasteiger partial charge in [0.2, 0.25) is 5.91 Å². The lowest BCUT2D eigenvalue weighted by Crippen LogP contribution is -2.65. The van der Waals surface area contributed by atoms with Gasteiger partial charge in [-0.05, 0) is 29.5 Å². The predicted molar refractivity (Wildman–Crippen MR) is 132 cm³/mol. The molecule has 4 rings (SSSR count). The summed E-state index contributed by atoms with van der Waals surface area (Å²) in [5.74, 6) is 0.459. The molecule has 1 aliphatic heterocycles. The van der Waals surface area contributed by atoms with Crippen LogP contribution in [-0.4, -0.2) is 24.9 Å². The van der Waals surface area contributed by atoms with E-state index in [0.717, 1.165) is 19.4 Å². The van der Waals surface area contributed by atoms with Crippen molar-refractivity contribution in [2.45, 2.75) is 51.0 Å². The lowest BCUT2D eigenvalue weighted by atomic mass is 9.81. The molecule has 1 heterocycles. The zero-order chi connectivity index (χ0) is 21.8. The fourth-order valence-electron chi connectivity index (χ4n) is 5.03. The van der Waals surface area contributed by atoms with Crippen LogP contribution in [0.3, 0.4) is 0 Å². The topological polar surface area (TPSA) is 20.3 Å². The maximum atomic E-state index is 13.5. The van der Waals surface area contributed by atoms with Gasteiger partial charge in [0, 0.05) is 12.6 Å². The van der Waals surface area contributed by atoms with Crippen molar-refractivity contribution in [2.75, 3.05) is 0 Å². The molecule has 160 valence electrons. The average molecular weight is 428 g/mol. The monoisotopic (exact) mass is 427 g/mol. The first kappa shape index (κ1) is 21.6. The molecule has 2 nitrogen and oxygen atoms in total. The van der Waals surface area contributed by atoms with E-state index in [1.165, 1.54) is 16.3 Å². The van der Waals surface area contributed by atoms with Crippen LogP contribution in [0, 0.1) is 5.92 Å². The van der Waals surface area contributed by atoms with Gasteiger partial charge in [-0.1, -0.05) is 116 Å². The molecule has 1 fully saturated rings. The summed E-state index contributed by atoms with van der Waals surface area (Å²) >= 11 is 0. The van der Waals surface area contributed by atoms with Gasteiger partial charge in [-0.2, -0.15) is 0 Å². The normalized spacial score (nSPS) is 19.7. The maximum absolute atomic E-state index is 13.5. The molecular formula is C28H33NOSi. The van der Waals surface area contributed by atoms with Gasteiger partial charge in [-0.3, -0.25) is 4.79 Å². The second-order valence-corrected chi connectivity index (χ2v) is 14.4. The Labute approximate surface area is 187 Å². The number of hydrogen-bond acceptors (Lipinski definition) is 1. The van der Waals surface area contributed by atoms with Crippen LogP contribution in [0.1, 0.15) is 24.5 Å². The maximum Gasteiger partial charge on any atom is 0.228 e. The lowest BCUT2D eigenvalue weighted by molar-refractivity contribution is -0.158. The number of carbonyl (C=O) groups excluding carboxylic acids is 1. The number of likely N-dealkylation sites (tertiary alicyclic amines) is 1. The van der Waals surface area contributed by atoms with Gasteiger partial charge >= 0.3 is 0 Å². The van der Waals surface area contributed by atoms with Gasteiger partial charge < -0.3 is 4.90 Å². The second-order valence-electron chi connectivity index (χ2n) is 9.45. The molecule has 3 aromatic rings. The summed E-state index contributed by atoms with van der Waals surface area (Å²) < 4.78 is 0. The molecule has 0 N–H and O–H groups in total. The van der Waals surface area contributed by atoms with Crippen molar-refractivity contribution in [3.63, 3.8) is 0 Å². The lowest BCUT2D eigenvalue weighted by Gasteiger charge is -2.53. The summed E-state index contributed by atoms with van der Waals surface area (Å²) in [6, 6.07) is 32.2. The van der Waals surface area contributed by atoms with Crippen molar-refractivity contribution >= 4 is 19.2 Å². The second kappa shape index (κ2) is 9.23. The Hall–Kier alpha value is -2.65. The van der Waals surface area contributed by atoms with Crippen molar-refractivity contribution in [3.8, 4) is 0 Å². The fourth-order valence-corrected chi connectivity index (χ4v) is 7.87. The van der Waals surface area contributed by atoms with Crippen molar-refractivity contribution in [2.24, 2.45) is 5.92 Å². The van der Waals surface area contributed by atoms with Crippen molar-refractivity contribution < 1.29 is 4.79 Å². The summed E-state index contributed by atoms with van der Waals surface area (Å²) in [6.07, 6.45) is 2.04. The van der Waals surface area contributed by atoms with E-state index < -0.39 is 8.07 Å². The molecule has 0 saturated carbocycles. The molecule has 31 heavy (non-hydrogen) atoms. The minimum absolute atomic E-state index is 0.120. The molecule has 3 atom stereocenters. The van der Waals surface area contributed by atoms with Crippen LogP contribution in [0.5, 0.6) is 0 Å². The van der Waals surface area contributed by atoms with E-state index in [2.05, 4.69) is 110 Å². The molecule has 1 saturated heterocycles. The molecule has 3 aromatic carbocycles. The van der Waals surface area contributed by atoms with E-state index in [9.17, 15) is 4.79 Å². The summed E-state index contributed by atoms with van der Waals surface area (Å²) in [5, 5.41) is 1.44. The third-order valence-corrected chi connectivity index (χ3v) is 11.8. The van der Waals surface area contributed by atoms with E-state index >= 15 is 0 Å². The van der Waals surface area contributed by atoms with Gasteiger partial charge in [-0.15, -0.1) is 0 Å². The Morgan fingerprint density at radius 2 is 1.32 bits per heavy atom. The first-order valence-electron chi connectivity index (χ1n) is 11.4. The van der Waals surface area contributed by atoms with E-state index in [4.69, 9.17) is 0 Å². The van der Waals surface area contributed by atoms with Crippen LogP contribution in [0.2, 0.25) is 18.6 Å². The van der Waals surface area contributed by atoms with Gasteiger partial charge in [0.25, 0.3) is 0 Å². The van der Waals surface area contributed by atoms with Gasteiger partial charge in [0.1, 0.15) is 0 Å². The summed E-state index contributed by atoms with van der Waals surface area (Å²) in [5.41, 5.74) is 2.97. The number of aryl methyl sites for hydroxylation is 1. The van der Waals surface area contributed by atoms with Gasteiger partial charge in [0.05, 0.1) is 14.0 Å². The number of carbonyl (C=O) groups is 1. The van der Waals surface area contributed by atoms with E-state index in [1.54, 1.807) is 0 Å². The van der Waals surface area contributed by atoms with Crippen LogP contribution in [0.25, 0.3) is 0 Å². The smallest absolute Gasteiger partial charge is 0.228 e. The highest BCUT2D eigenvalue weighted by atomic mass is 28.3. The largest absolute Gasteiger partial charge is 0.334 e. The van der Waals surface area contributed by atoms with Crippen LogP contribution < -0.4 is 5.19 Å². The Morgan fingerprint density at radius 3 is 1.90 bits per heavy atom. The Kier molecular flexibility index (Phi) is 6.42. The van der Waals surface area contributed by atoms with E-state index in [0.29, 0.717) is 17.5 Å². The van der Waals surface area contributed by atoms with E-state index in [-0.39, 0.29) is 5.92 Å². The zero-order valence-electron chi connectivity index (χ0n) is 18.9. The van der Waals surface area contributed by atoms with Crippen molar-refractivity contribution in [1.29, 1.82) is 0 Å². The standard InChI is InChI=1S/C28H33NOSi/c1-22(31(2,3)25-17-11-6-12-18-25)27-26(20-19-23-13-7-4-8-14-23)29(28(27)30)21-24-15-9-5-10-16-24/h4-18,22,26-27H,19-21H2,1-3H3/t22-,26-,27+/m0/s1. The highest BCUT2D eigenvalue weighted by Crippen LogP contribution is 2.43. The number of rotatable bonds is 8. The first-order valence-corrected chi connectivity index (χ1v) is 14.5. The fraction of sp³-hybridized carbons (Fsp3) is 0.321. The summed E-state index contributed by atoms with van der Waals surface area (Å²) in [6.45, 7) is 7.90. The Morgan fingerprint density at radius 1 is 0.806 bits per heavy atom. The third-order valence-electron chi connectivity index (χ3n) is 7.35. The minimum atomic E-state index is -1.78. The molecule has 1 aliphatic rings. The first-order chi connectivity index (χ1) is 15.0. The minimum Gasteiger partial charge on any atom is -0.334 e. The number of β-lactam (4-membered cyclic amide) rings is 1. The highest BCUT2D eigenvalue weighted by Gasteiger charge is 2.53. The highest BCUT2D eigenvalue weighted by molar-refractivity contribution is 6.91. The quantitative estimate of drug-likeness (QED) is 0.336. The van der Waals surface area contributed by atoms with Gasteiger partial charge in [-0.25, -0.2) is 0 Å². The number of benzene rings is 3. The Balaban J connectivity index is 1.56. The molecule has 0 aromatic heterocycles. The van der Waals surface area contributed by atoms with Crippen LogP contribution in [-0.2, 0) is 17.8 Å². The average Bonchev–Trinajstić information content (AvgIpc) is 2.81. The third kappa shape index (κ3) is 4.52. The molecule has 0 spiro atoms. The molecule has 0 bridgehead atoms. The van der Waals surface area contributed by atoms with Crippen molar-refractivity contribution in [3.05, 3.63) is 102 Å².